The summed E-state index contributed by atoms with van der Waals surface area (Å²) in [5, 5.41) is 0. The number of hydrogen-bond donors (Lipinski definition) is 0. The molecule has 1 aliphatic carbocycles. The van der Waals surface area contributed by atoms with Gasteiger partial charge in [-0.2, -0.15) is 0 Å². The zero-order valence-electron chi connectivity index (χ0n) is 22.2. The van der Waals surface area contributed by atoms with Crippen molar-refractivity contribution in [2.75, 3.05) is 4.90 Å². The molecule has 1 spiro atoms. The summed E-state index contributed by atoms with van der Waals surface area (Å²) in [5.41, 5.74) is 10.1. The molecule has 5 aromatic rings. The van der Waals surface area contributed by atoms with Crippen molar-refractivity contribution in [3.8, 4) is 0 Å². The van der Waals surface area contributed by atoms with Crippen LogP contribution in [0.2, 0.25) is 0 Å². The van der Waals surface area contributed by atoms with E-state index in [9.17, 15) is 9.59 Å². The maximum atomic E-state index is 14.4. The minimum atomic E-state index is -0.758. The summed E-state index contributed by atoms with van der Waals surface area (Å²) in [6.45, 7) is 6.14. The van der Waals surface area contributed by atoms with Gasteiger partial charge >= 0.3 is 0 Å². The van der Waals surface area contributed by atoms with Crippen molar-refractivity contribution in [1.29, 1.82) is 0 Å². The average molecular weight is 506 g/mol. The Hall–Kier alpha value is -4.76. The molecule has 0 fully saturated rings. The van der Waals surface area contributed by atoms with Crippen LogP contribution in [0, 0.1) is 20.8 Å². The molecular weight excluding hydrogens is 478 g/mol. The maximum absolute atomic E-state index is 14.4. The summed E-state index contributed by atoms with van der Waals surface area (Å²) < 4.78 is 0. The smallest absolute Gasteiger partial charge is 0.263 e. The van der Waals surface area contributed by atoms with Crippen molar-refractivity contribution in [3.63, 3.8) is 0 Å². The summed E-state index contributed by atoms with van der Waals surface area (Å²) in [5.74, 6) is -0.0275. The van der Waals surface area contributed by atoms with Crippen molar-refractivity contribution in [1.82, 2.24) is 0 Å². The first-order valence-corrected chi connectivity index (χ1v) is 13.3. The molecule has 0 saturated heterocycles. The first kappa shape index (κ1) is 23.4. The van der Waals surface area contributed by atoms with Crippen LogP contribution >= 0.6 is 0 Å². The van der Waals surface area contributed by atoms with E-state index >= 15 is 0 Å². The third-order valence-electron chi connectivity index (χ3n) is 8.32. The molecule has 39 heavy (non-hydrogen) atoms. The molecule has 0 N–H and O–H groups in total. The average Bonchev–Trinajstić information content (AvgIpc) is 2.95. The minimum absolute atomic E-state index is 0.0358. The van der Waals surface area contributed by atoms with Gasteiger partial charge in [0, 0.05) is 16.7 Å². The molecular formula is C36H27NO2. The lowest BCUT2D eigenvalue weighted by atomic mass is 9.57. The second-order valence-electron chi connectivity index (χ2n) is 10.7. The van der Waals surface area contributed by atoms with Crippen molar-refractivity contribution >= 4 is 23.1 Å². The Bertz CT molecular complexity index is 1740. The van der Waals surface area contributed by atoms with Crippen LogP contribution in [0.25, 0.3) is 0 Å². The number of anilines is 2. The highest BCUT2D eigenvalue weighted by Crippen LogP contribution is 2.59. The summed E-state index contributed by atoms with van der Waals surface area (Å²) in [4.78, 5) is 30.1. The highest BCUT2D eigenvalue weighted by Gasteiger charge is 2.52. The fourth-order valence-corrected chi connectivity index (χ4v) is 6.60. The van der Waals surface area contributed by atoms with Crippen molar-refractivity contribution < 1.29 is 9.59 Å². The van der Waals surface area contributed by atoms with Gasteiger partial charge in [0.25, 0.3) is 5.91 Å². The largest absolute Gasteiger partial charge is 0.289 e. The van der Waals surface area contributed by atoms with Gasteiger partial charge in [0.2, 0.25) is 0 Å². The van der Waals surface area contributed by atoms with Gasteiger partial charge in [0.15, 0.2) is 5.78 Å². The molecule has 2 aliphatic rings. The van der Waals surface area contributed by atoms with E-state index in [2.05, 4.69) is 62.4 Å². The lowest BCUT2D eigenvalue weighted by molar-refractivity contribution is 0.0994. The minimum Gasteiger partial charge on any atom is -0.289 e. The molecule has 1 aliphatic heterocycles. The summed E-state index contributed by atoms with van der Waals surface area (Å²) in [6.07, 6.45) is 0. The molecule has 0 bridgehead atoms. The zero-order chi connectivity index (χ0) is 26.9. The number of nitrogens with zero attached hydrogens (tertiary/aromatic N) is 1. The number of aryl methyl sites for hydroxylation is 3. The number of carbonyl (C=O) groups excluding carboxylic acids is 2. The molecule has 0 atom stereocenters. The van der Waals surface area contributed by atoms with Gasteiger partial charge in [-0.25, -0.2) is 0 Å². The lowest BCUT2D eigenvalue weighted by Crippen LogP contribution is -2.44. The van der Waals surface area contributed by atoms with E-state index in [0.29, 0.717) is 16.7 Å². The van der Waals surface area contributed by atoms with Crippen LogP contribution in [-0.4, -0.2) is 11.7 Å². The Kier molecular flexibility index (Phi) is 5.02. The van der Waals surface area contributed by atoms with Crippen LogP contribution in [0.15, 0.2) is 109 Å². The van der Waals surface area contributed by atoms with Gasteiger partial charge in [-0.3, -0.25) is 14.5 Å². The predicted octanol–water partition coefficient (Wildman–Crippen LogP) is 7.83. The van der Waals surface area contributed by atoms with Crippen LogP contribution < -0.4 is 4.90 Å². The van der Waals surface area contributed by atoms with Crippen LogP contribution in [0.5, 0.6) is 0 Å². The summed E-state index contributed by atoms with van der Waals surface area (Å²) >= 11 is 0. The van der Waals surface area contributed by atoms with Crippen LogP contribution in [0.3, 0.4) is 0 Å². The van der Waals surface area contributed by atoms with Gasteiger partial charge < -0.3 is 0 Å². The van der Waals surface area contributed by atoms with Crippen molar-refractivity contribution in [2.24, 2.45) is 0 Å². The highest BCUT2D eigenvalue weighted by atomic mass is 16.2. The molecule has 0 unspecified atom stereocenters. The predicted molar refractivity (Wildman–Crippen MR) is 155 cm³/mol. The molecule has 0 aromatic heterocycles. The van der Waals surface area contributed by atoms with E-state index < -0.39 is 5.41 Å². The van der Waals surface area contributed by atoms with E-state index in [1.807, 2.05) is 72.5 Å². The summed E-state index contributed by atoms with van der Waals surface area (Å²) in [7, 11) is 0. The first-order valence-electron chi connectivity index (χ1n) is 13.3. The van der Waals surface area contributed by atoms with E-state index in [0.717, 1.165) is 50.3 Å². The molecule has 3 heteroatoms. The molecule has 188 valence electrons. The molecule has 5 aromatic carbocycles. The number of ketones is 1. The number of hydrogen-bond acceptors (Lipinski definition) is 2. The van der Waals surface area contributed by atoms with E-state index in [1.54, 1.807) is 0 Å². The Morgan fingerprint density at radius 2 is 1.08 bits per heavy atom. The Morgan fingerprint density at radius 1 is 0.590 bits per heavy atom. The molecule has 3 nitrogen and oxygen atoms in total. The van der Waals surface area contributed by atoms with E-state index in [4.69, 9.17) is 0 Å². The maximum Gasteiger partial charge on any atom is 0.263 e. The van der Waals surface area contributed by atoms with Gasteiger partial charge in [-0.05, 0) is 66.8 Å². The second kappa shape index (κ2) is 8.37. The number of amides is 1. The standard InChI is InChI=1S/C36H27NO2/c1-22-16-18-32-30(20-22)36(28-14-8-6-12-26(28)34(38)27-13-7-9-15-29(27)36)31-21-23(2)17-19-33(31)37(32)35(39)25-11-5-4-10-24(25)3/h4-21H,1-3H3. The quantitative estimate of drug-likeness (QED) is 0.228. The third-order valence-corrected chi connectivity index (χ3v) is 8.32. The monoisotopic (exact) mass is 505 g/mol. The molecule has 1 heterocycles. The van der Waals surface area contributed by atoms with Gasteiger partial charge in [0.1, 0.15) is 0 Å². The normalized spacial score (nSPS) is 14.3. The zero-order valence-corrected chi connectivity index (χ0v) is 22.2. The second-order valence-corrected chi connectivity index (χ2v) is 10.7. The van der Waals surface area contributed by atoms with Crippen molar-refractivity contribution in [2.45, 2.75) is 26.2 Å². The van der Waals surface area contributed by atoms with Crippen LogP contribution in [-0.2, 0) is 5.41 Å². The Balaban J connectivity index is 1.66. The first-order chi connectivity index (χ1) is 18.9. The fourth-order valence-electron chi connectivity index (χ4n) is 6.60. The van der Waals surface area contributed by atoms with Gasteiger partial charge in [-0.1, -0.05) is 102 Å². The van der Waals surface area contributed by atoms with E-state index in [1.165, 1.54) is 0 Å². The van der Waals surface area contributed by atoms with Crippen LogP contribution in [0.4, 0.5) is 11.4 Å². The topological polar surface area (TPSA) is 37.4 Å². The SMILES string of the molecule is Cc1ccc2c(c1)C1(c3ccccc3C(=O)c3ccccc31)c1cc(C)ccc1N2C(=O)c1ccccc1C. The third kappa shape index (κ3) is 3.10. The molecule has 7 rings (SSSR count). The Morgan fingerprint density at radius 3 is 1.62 bits per heavy atom. The van der Waals surface area contributed by atoms with Gasteiger partial charge in [0.05, 0.1) is 16.8 Å². The summed E-state index contributed by atoms with van der Waals surface area (Å²) in [6, 6.07) is 36.3. The molecule has 0 saturated carbocycles. The van der Waals surface area contributed by atoms with E-state index in [-0.39, 0.29) is 11.7 Å². The Labute approximate surface area is 228 Å². The van der Waals surface area contributed by atoms with Crippen molar-refractivity contribution in [3.05, 3.63) is 165 Å². The number of fused-ring (bicyclic) bond motifs is 8. The van der Waals surface area contributed by atoms with Crippen LogP contribution in [0.1, 0.15) is 65.2 Å². The highest BCUT2D eigenvalue weighted by molar-refractivity contribution is 6.17. The fraction of sp³-hybridized carbons (Fsp3) is 0.111. The molecule has 0 radical (unpaired) electrons. The van der Waals surface area contributed by atoms with Gasteiger partial charge in [-0.15, -0.1) is 0 Å². The number of benzene rings is 5. The molecule has 1 amide bonds. The number of rotatable bonds is 1. The lowest BCUT2D eigenvalue weighted by Gasteiger charge is -2.48. The number of carbonyl (C=O) groups is 2.